The number of rotatable bonds is 5. The smallest absolute Gasteiger partial charge is 0.309 e. The molecule has 10 aromatic rings. The Kier molecular flexibility index (Phi) is 10.0. The van der Waals surface area contributed by atoms with Crippen molar-refractivity contribution in [3.8, 4) is 50.8 Å². The third-order valence-corrected chi connectivity index (χ3v) is 12.4. The summed E-state index contributed by atoms with van der Waals surface area (Å²) in [6.45, 7) is 12.2. The average molecular weight is 919 g/mol. The third-order valence-electron chi connectivity index (χ3n) is 12.4. The molecule has 0 spiro atoms. The molecule has 0 aliphatic rings. The first kappa shape index (κ1) is 43.6. The van der Waals surface area contributed by atoms with Crippen LogP contribution in [0.25, 0.3) is 93.2 Å². The van der Waals surface area contributed by atoms with Crippen LogP contribution in [-0.2, 0) is 18.5 Å². The number of hydrogen-bond donors (Lipinski definition) is 0. The zero-order valence-corrected chi connectivity index (χ0v) is 35.6. The molecule has 0 aliphatic carbocycles. The van der Waals surface area contributed by atoms with Gasteiger partial charge in [0.15, 0.2) is 5.69 Å². The normalized spacial score (nSPS) is 12.3. The summed E-state index contributed by atoms with van der Waals surface area (Å²) in [6.07, 6.45) is -15.3. The number of nitriles is 1. The highest BCUT2D eigenvalue weighted by Gasteiger charge is 2.40. The van der Waals surface area contributed by atoms with Crippen LogP contribution < -0.4 is 0 Å². The molecule has 0 saturated carbocycles. The van der Waals surface area contributed by atoms with E-state index in [4.69, 9.17) is 6.57 Å². The molecule has 0 saturated heterocycles. The molecule has 68 heavy (non-hydrogen) atoms. The lowest BCUT2D eigenvalue weighted by atomic mass is 9.92. The molecule has 0 fully saturated rings. The Labute approximate surface area is 381 Å². The van der Waals surface area contributed by atoms with Crippen LogP contribution in [0.3, 0.4) is 0 Å². The quantitative estimate of drug-likeness (QED) is 0.125. The summed E-state index contributed by atoms with van der Waals surface area (Å²) < 4.78 is 136. The van der Waals surface area contributed by atoms with E-state index in [1.807, 2.05) is 62.4 Å². The second-order valence-corrected chi connectivity index (χ2v) is 16.6. The van der Waals surface area contributed by atoms with Gasteiger partial charge < -0.3 is 9.13 Å². The molecular weight excluding hydrogens is 888 g/mol. The molecular formula is C55H31F9N4. The molecule has 0 radical (unpaired) electrons. The van der Waals surface area contributed by atoms with Crippen molar-refractivity contribution in [1.29, 1.82) is 5.26 Å². The van der Waals surface area contributed by atoms with E-state index < -0.39 is 46.3 Å². The summed E-state index contributed by atoms with van der Waals surface area (Å²) in [5.74, 6) is 0. The Morgan fingerprint density at radius 1 is 0.485 bits per heavy atom. The first-order valence-electron chi connectivity index (χ1n) is 21.0. The van der Waals surface area contributed by atoms with Crippen molar-refractivity contribution in [2.75, 3.05) is 0 Å². The number of aryl methyl sites for hydroxylation is 2. The van der Waals surface area contributed by atoms with Crippen molar-refractivity contribution in [1.82, 2.24) is 9.13 Å². The molecule has 0 amide bonds. The summed E-state index contributed by atoms with van der Waals surface area (Å²) in [7, 11) is 0. The minimum Gasteiger partial charge on any atom is -0.309 e. The Morgan fingerprint density at radius 3 is 1.53 bits per heavy atom. The predicted molar refractivity (Wildman–Crippen MR) is 247 cm³/mol. The molecule has 8 aromatic carbocycles. The highest BCUT2D eigenvalue weighted by Crippen LogP contribution is 2.51. The summed E-state index contributed by atoms with van der Waals surface area (Å²) in [4.78, 5) is 3.62. The van der Waals surface area contributed by atoms with Crippen molar-refractivity contribution in [3.63, 3.8) is 0 Å². The fraction of sp³-hybridized carbons (Fsp3) is 0.0909. The number of aromatic nitrogens is 2. The van der Waals surface area contributed by atoms with Crippen molar-refractivity contribution in [3.05, 3.63) is 196 Å². The van der Waals surface area contributed by atoms with Crippen molar-refractivity contribution in [2.24, 2.45) is 0 Å². The predicted octanol–water partition coefficient (Wildman–Crippen LogP) is 17.0. The highest BCUT2D eigenvalue weighted by atomic mass is 19.4. The number of halogens is 9. The molecule has 10 rings (SSSR count). The van der Waals surface area contributed by atoms with Crippen molar-refractivity contribution < 1.29 is 39.5 Å². The van der Waals surface area contributed by atoms with Gasteiger partial charge >= 0.3 is 18.5 Å². The minimum absolute atomic E-state index is 0.00625. The van der Waals surface area contributed by atoms with E-state index in [0.717, 1.165) is 51.2 Å². The van der Waals surface area contributed by atoms with Gasteiger partial charge in [-0.25, -0.2) is 4.85 Å². The van der Waals surface area contributed by atoms with E-state index in [2.05, 4.69) is 10.9 Å². The number of fused-ring (bicyclic) bond motifs is 6. The van der Waals surface area contributed by atoms with Gasteiger partial charge in [0.05, 0.1) is 68.3 Å². The maximum atomic E-state index is 15.6. The van der Waals surface area contributed by atoms with Gasteiger partial charge in [-0.15, -0.1) is 0 Å². The van der Waals surface area contributed by atoms with Crippen LogP contribution >= 0.6 is 0 Å². The molecule has 0 bridgehead atoms. The average Bonchev–Trinajstić information content (AvgIpc) is 3.81. The molecule has 0 aliphatic heterocycles. The Morgan fingerprint density at radius 2 is 1.01 bits per heavy atom. The van der Waals surface area contributed by atoms with Gasteiger partial charge in [0, 0.05) is 32.7 Å². The first-order valence-corrected chi connectivity index (χ1v) is 21.0. The third kappa shape index (κ3) is 7.10. The molecule has 334 valence electrons. The van der Waals surface area contributed by atoms with E-state index >= 15 is 13.2 Å². The fourth-order valence-corrected chi connectivity index (χ4v) is 9.56. The van der Waals surface area contributed by atoms with Gasteiger partial charge in [-0.1, -0.05) is 109 Å². The van der Waals surface area contributed by atoms with Gasteiger partial charge in [-0.05, 0) is 90.2 Å². The van der Waals surface area contributed by atoms with Gasteiger partial charge in [0.2, 0.25) is 0 Å². The van der Waals surface area contributed by atoms with Gasteiger partial charge in [-0.2, -0.15) is 44.8 Å². The number of hydrogen-bond acceptors (Lipinski definition) is 1. The summed E-state index contributed by atoms with van der Waals surface area (Å²) in [5.41, 5.74) is -0.477. The Bertz CT molecular complexity index is 3820. The molecule has 2 heterocycles. The minimum atomic E-state index is -5.22. The highest BCUT2D eigenvalue weighted by molar-refractivity contribution is 6.13. The molecule has 0 atom stereocenters. The number of alkyl halides is 9. The molecule has 0 N–H and O–H groups in total. The van der Waals surface area contributed by atoms with Crippen molar-refractivity contribution in [2.45, 2.75) is 32.4 Å². The standard InChI is InChI=1S/C55H31F9N4/c1-30-15-19-36(31(2)23-30)33-16-20-40-38-9-4-6-13-45(38)67(47(40)26-33)49-24-32(29-65)25-50(52(49)51-42(54(59,60)61)11-8-12-44(51)66-3)68-46-14-7-5-10-39(46)41-21-17-34(27-48(41)68)37-22-18-35(53(56,57)58)28-43(37)55(62,63)64/h4-28H,1-2H3. The van der Waals surface area contributed by atoms with E-state index in [0.29, 0.717) is 33.4 Å². The lowest BCUT2D eigenvalue weighted by Crippen LogP contribution is -2.12. The molecule has 4 nitrogen and oxygen atoms in total. The van der Waals surface area contributed by atoms with Gasteiger partial charge in [-0.3, -0.25) is 0 Å². The topological polar surface area (TPSA) is 38.0 Å². The van der Waals surface area contributed by atoms with E-state index in [1.54, 1.807) is 45.5 Å². The van der Waals surface area contributed by atoms with Crippen LogP contribution in [-0.4, -0.2) is 9.13 Å². The van der Waals surface area contributed by atoms with E-state index in [9.17, 15) is 31.6 Å². The zero-order valence-electron chi connectivity index (χ0n) is 35.6. The second-order valence-electron chi connectivity index (χ2n) is 16.6. The van der Waals surface area contributed by atoms with Crippen LogP contribution in [0.1, 0.15) is 33.4 Å². The number of benzene rings is 8. The summed E-state index contributed by atoms with van der Waals surface area (Å²) >= 11 is 0. The molecule has 13 heteroatoms. The van der Waals surface area contributed by atoms with Gasteiger partial charge in [0.25, 0.3) is 0 Å². The van der Waals surface area contributed by atoms with Crippen LogP contribution in [0.15, 0.2) is 152 Å². The van der Waals surface area contributed by atoms with Crippen molar-refractivity contribution >= 4 is 49.3 Å². The Balaban J connectivity index is 1.39. The van der Waals surface area contributed by atoms with Crippen LogP contribution in [0.5, 0.6) is 0 Å². The largest absolute Gasteiger partial charge is 0.417 e. The first-order chi connectivity index (χ1) is 32.4. The second kappa shape index (κ2) is 15.7. The van der Waals surface area contributed by atoms with E-state index in [-0.39, 0.29) is 45.3 Å². The van der Waals surface area contributed by atoms with E-state index in [1.165, 1.54) is 36.4 Å². The fourth-order valence-electron chi connectivity index (χ4n) is 9.56. The zero-order chi connectivity index (χ0) is 48.0. The van der Waals surface area contributed by atoms with Gasteiger partial charge in [0.1, 0.15) is 0 Å². The monoisotopic (exact) mass is 918 g/mol. The Hall–Kier alpha value is -8.29. The van der Waals surface area contributed by atoms with Crippen LogP contribution in [0.2, 0.25) is 0 Å². The number of para-hydroxylation sites is 2. The lowest BCUT2D eigenvalue weighted by molar-refractivity contribution is -0.143. The maximum absolute atomic E-state index is 15.6. The molecule has 2 aromatic heterocycles. The van der Waals surface area contributed by atoms with Crippen LogP contribution in [0, 0.1) is 31.8 Å². The maximum Gasteiger partial charge on any atom is 0.417 e. The SMILES string of the molecule is [C-]#[N+]c1cccc(C(F)(F)F)c1-c1c(-n2c3ccccc3c3ccc(-c4ccc(C)cc4C)cc32)cc(C#N)cc1-n1c2ccccc2c2ccc(-c3ccc(C(F)(F)F)cc3C(F)(F)F)cc21. The lowest BCUT2D eigenvalue weighted by Gasteiger charge is -2.24. The van der Waals surface area contributed by atoms with Crippen LogP contribution in [0.4, 0.5) is 45.2 Å². The molecule has 0 unspecified atom stereocenters. The summed E-state index contributed by atoms with van der Waals surface area (Å²) in [5, 5.41) is 13.2. The number of nitrogens with zero attached hydrogens (tertiary/aromatic N) is 4. The summed E-state index contributed by atoms with van der Waals surface area (Å²) in [6, 6.07) is 39.7.